The predicted octanol–water partition coefficient (Wildman–Crippen LogP) is 3.44. The van der Waals surface area contributed by atoms with Crippen molar-refractivity contribution in [3.8, 4) is 5.75 Å². The summed E-state index contributed by atoms with van der Waals surface area (Å²) >= 11 is 0. The summed E-state index contributed by atoms with van der Waals surface area (Å²) in [7, 11) is 0. The van der Waals surface area contributed by atoms with E-state index in [1.807, 2.05) is 0 Å². The Bertz CT molecular complexity index is 398. The van der Waals surface area contributed by atoms with E-state index >= 15 is 0 Å². The minimum atomic E-state index is 0.739. The lowest BCUT2D eigenvalue weighted by atomic mass is 10.2. The van der Waals surface area contributed by atoms with Crippen LogP contribution in [0.2, 0.25) is 0 Å². The summed E-state index contributed by atoms with van der Waals surface area (Å²) in [6, 6.07) is 9.15. The van der Waals surface area contributed by atoms with Crippen LogP contribution in [-0.4, -0.2) is 37.2 Å². The molecule has 0 saturated heterocycles. The maximum atomic E-state index is 6.03. The second-order valence-electron chi connectivity index (χ2n) is 5.95. The Morgan fingerprint density at radius 2 is 1.81 bits per heavy atom. The van der Waals surface area contributed by atoms with Gasteiger partial charge in [0.25, 0.3) is 0 Å². The van der Waals surface area contributed by atoms with Gasteiger partial charge in [0.15, 0.2) is 0 Å². The lowest BCUT2D eigenvalue weighted by Crippen LogP contribution is -2.30. The van der Waals surface area contributed by atoms with Crippen LogP contribution >= 0.6 is 0 Å². The van der Waals surface area contributed by atoms with E-state index in [4.69, 9.17) is 4.74 Å². The first-order valence-corrected chi connectivity index (χ1v) is 8.50. The number of nitrogens with zero attached hydrogens (tertiary/aromatic N) is 1. The number of hydrogen-bond donors (Lipinski definition) is 1. The van der Waals surface area contributed by atoms with Crippen LogP contribution in [0.15, 0.2) is 24.3 Å². The number of hydrogen-bond acceptors (Lipinski definition) is 3. The molecular formula is C18H30N2O. The monoisotopic (exact) mass is 290 g/mol. The molecule has 3 nitrogen and oxygen atoms in total. The van der Waals surface area contributed by atoms with Gasteiger partial charge in [-0.05, 0) is 44.8 Å². The smallest absolute Gasteiger partial charge is 0.123 e. The first kappa shape index (κ1) is 16.3. The van der Waals surface area contributed by atoms with Gasteiger partial charge in [0.05, 0.1) is 0 Å². The maximum absolute atomic E-state index is 6.03. The minimum Gasteiger partial charge on any atom is -0.492 e. The fourth-order valence-electron chi connectivity index (χ4n) is 2.59. The van der Waals surface area contributed by atoms with Crippen molar-refractivity contribution in [3.63, 3.8) is 0 Å². The van der Waals surface area contributed by atoms with Crippen LogP contribution < -0.4 is 10.1 Å². The molecule has 0 aliphatic heterocycles. The Balaban J connectivity index is 1.78. The lowest BCUT2D eigenvalue weighted by molar-refractivity contribution is 0.208. The predicted molar refractivity (Wildman–Crippen MR) is 88.8 cm³/mol. The number of ether oxygens (including phenoxy) is 1. The van der Waals surface area contributed by atoms with E-state index in [0.29, 0.717) is 0 Å². The summed E-state index contributed by atoms with van der Waals surface area (Å²) in [6.07, 6.45) is 5.07. The normalized spacial score (nSPS) is 14.6. The van der Waals surface area contributed by atoms with Crippen molar-refractivity contribution < 1.29 is 4.74 Å². The third-order valence-electron chi connectivity index (χ3n) is 3.88. The van der Waals surface area contributed by atoms with E-state index in [-0.39, 0.29) is 0 Å². The highest BCUT2D eigenvalue weighted by atomic mass is 16.5. The van der Waals surface area contributed by atoms with Crippen LogP contribution in [0.4, 0.5) is 0 Å². The molecule has 0 bridgehead atoms. The van der Waals surface area contributed by atoms with E-state index in [1.165, 1.54) is 44.3 Å². The number of nitrogens with one attached hydrogen (secondary N) is 1. The first-order valence-electron chi connectivity index (χ1n) is 8.50. The molecule has 1 N–H and O–H groups in total. The van der Waals surface area contributed by atoms with Crippen LogP contribution in [-0.2, 0) is 6.54 Å². The zero-order chi connectivity index (χ0) is 14.9. The molecule has 1 aliphatic carbocycles. The van der Waals surface area contributed by atoms with Gasteiger partial charge in [0.1, 0.15) is 12.4 Å². The molecule has 0 unspecified atom stereocenters. The van der Waals surface area contributed by atoms with E-state index < -0.39 is 0 Å². The van der Waals surface area contributed by atoms with Gasteiger partial charge in [-0.1, -0.05) is 32.0 Å². The van der Waals surface area contributed by atoms with Gasteiger partial charge in [0.2, 0.25) is 0 Å². The SMILES string of the molecule is CCCN(CCC)CCOc1ccccc1CNC1CC1. The fraction of sp³-hybridized carbons (Fsp3) is 0.667. The summed E-state index contributed by atoms with van der Waals surface area (Å²) in [5, 5.41) is 3.56. The Kier molecular flexibility index (Phi) is 7.04. The molecule has 1 fully saturated rings. The topological polar surface area (TPSA) is 24.5 Å². The highest BCUT2D eigenvalue weighted by Gasteiger charge is 2.20. The number of para-hydroxylation sites is 1. The van der Waals surface area contributed by atoms with Crippen molar-refractivity contribution in [2.24, 2.45) is 0 Å². The molecule has 2 rings (SSSR count). The number of benzene rings is 1. The van der Waals surface area contributed by atoms with Gasteiger partial charge in [-0.2, -0.15) is 0 Å². The Hall–Kier alpha value is -1.06. The van der Waals surface area contributed by atoms with Gasteiger partial charge in [-0.3, -0.25) is 4.90 Å². The highest BCUT2D eigenvalue weighted by molar-refractivity contribution is 5.33. The molecule has 1 aromatic rings. The van der Waals surface area contributed by atoms with Crippen molar-refractivity contribution in [3.05, 3.63) is 29.8 Å². The summed E-state index contributed by atoms with van der Waals surface area (Å²) in [5.74, 6) is 1.04. The molecule has 118 valence electrons. The summed E-state index contributed by atoms with van der Waals surface area (Å²) < 4.78 is 6.03. The first-order chi connectivity index (χ1) is 10.3. The molecule has 1 aromatic carbocycles. The van der Waals surface area contributed by atoms with Crippen LogP contribution in [0.25, 0.3) is 0 Å². The van der Waals surface area contributed by atoms with Crippen LogP contribution in [0.5, 0.6) is 5.75 Å². The third kappa shape index (κ3) is 6.06. The van der Waals surface area contributed by atoms with Crippen LogP contribution in [0, 0.1) is 0 Å². The molecule has 1 saturated carbocycles. The summed E-state index contributed by atoms with van der Waals surface area (Å²) in [4.78, 5) is 2.49. The fourth-order valence-corrected chi connectivity index (χ4v) is 2.59. The standard InChI is InChI=1S/C18H30N2O/c1-3-11-20(12-4-2)13-14-21-18-8-6-5-7-16(18)15-19-17-9-10-17/h5-8,17,19H,3-4,9-15H2,1-2H3. The van der Waals surface area contributed by atoms with E-state index in [1.54, 1.807) is 0 Å². The van der Waals surface area contributed by atoms with Gasteiger partial charge in [-0.25, -0.2) is 0 Å². The van der Waals surface area contributed by atoms with Gasteiger partial charge >= 0.3 is 0 Å². The Morgan fingerprint density at radius 3 is 2.48 bits per heavy atom. The highest BCUT2D eigenvalue weighted by Crippen LogP contribution is 2.22. The van der Waals surface area contributed by atoms with E-state index in [9.17, 15) is 0 Å². The van der Waals surface area contributed by atoms with Crippen LogP contribution in [0.3, 0.4) is 0 Å². The lowest BCUT2D eigenvalue weighted by Gasteiger charge is -2.21. The molecule has 0 atom stereocenters. The summed E-state index contributed by atoms with van der Waals surface area (Å²) in [5.41, 5.74) is 1.28. The quantitative estimate of drug-likeness (QED) is 0.675. The maximum Gasteiger partial charge on any atom is 0.123 e. The zero-order valence-electron chi connectivity index (χ0n) is 13.6. The molecule has 1 aliphatic rings. The van der Waals surface area contributed by atoms with E-state index in [0.717, 1.165) is 31.5 Å². The van der Waals surface area contributed by atoms with Gasteiger partial charge < -0.3 is 10.1 Å². The molecule has 0 amide bonds. The Labute approximate surface area is 129 Å². The molecule has 3 heteroatoms. The average Bonchev–Trinajstić information content (AvgIpc) is 3.31. The second-order valence-corrected chi connectivity index (χ2v) is 5.95. The summed E-state index contributed by atoms with van der Waals surface area (Å²) in [6.45, 7) is 9.54. The van der Waals surface area contributed by atoms with Gasteiger partial charge in [0, 0.05) is 24.7 Å². The molecule has 0 heterocycles. The van der Waals surface area contributed by atoms with Crippen molar-refractivity contribution >= 4 is 0 Å². The second kappa shape index (κ2) is 9.06. The van der Waals surface area contributed by atoms with Crippen molar-refractivity contribution in [1.29, 1.82) is 0 Å². The minimum absolute atomic E-state index is 0.739. The largest absolute Gasteiger partial charge is 0.492 e. The zero-order valence-corrected chi connectivity index (χ0v) is 13.6. The molecule has 21 heavy (non-hydrogen) atoms. The van der Waals surface area contributed by atoms with Crippen LogP contribution in [0.1, 0.15) is 45.1 Å². The van der Waals surface area contributed by atoms with Gasteiger partial charge in [-0.15, -0.1) is 0 Å². The van der Waals surface area contributed by atoms with E-state index in [2.05, 4.69) is 48.3 Å². The molecule has 0 aromatic heterocycles. The van der Waals surface area contributed by atoms with Crippen molar-refractivity contribution in [2.75, 3.05) is 26.2 Å². The average molecular weight is 290 g/mol. The Morgan fingerprint density at radius 1 is 1.10 bits per heavy atom. The molecular weight excluding hydrogens is 260 g/mol. The van der Waals surface area contributed by atoms with Crippen molar-refractivity contribution in [1.82, 2.24) is 10.2 Å². The number of rotatable bonds is 11. The van der Waals surface area contributed by atoms with Crippen molar-refractivity contribution in [2.45, 2.75) is 52.1 Å². The third-order valence-corrected chi connectivity index (χ3v) is 3.88. The molecule has 0 spiro atoms. The molecule has 0 radical (unpaired) electrons.